The minimum atomic E-state index is 0.644. The highest BCUT2D eigenvalue weighted by atomic mass is 15.3. The lowest BCUT2D eigenvalue weighted by atomic mass is 10.2. The van der Waals surface area contributed by atoms with Crippen LogP contribution in [0.4, 0.5) is 5.82 Å². The van der Waals surface area contributed by atoms with Crippen molar-refractivity contribution in [3.05, 3.63) is 17.8 Å². The molecular weight excluding hydrogens is 178 g/mol. The Balaban J connectivity index is 2.54. The number of hydrogen-bond acceptors (Lipinski definition) is 3. The first-order valence-electron chi connectivity index (χ1n) is 4.38. The molecule has 2 aromatic rings. The van der Waals surface area contributed by atoms with E-state index in [1.165, 1.54) is 0 Å². The molecule has 5 heteroatoms. The largest absolute Gasteiger partial charge is 0.384 e. The summed E-state index contributed by atoms with van der Waals surface area (Å²) < 4.78 is 3.42. The zero-order chi connectivity index (χ0) is 10.3. The Labute approximate surface area is 82.1 Å². The van der Waals surface area contributed by atoms with Crippen molar-refractivity contribution in [2.75, 3.05) is 5.73 Å². The van der Waals surface area contributed by atoms with Gasteiger partial charge in [0, 0.05) is 26.4 Å². The van der Waals surface area contributed by atoms with Gasteiger partial charge in [-0.1, -0.05) is 0 Å². The molecule has 0 bridgehead atoms. The van der Waals surface area contributed by atoms with Gasteiger partial charge in [0.05, 0.1) is 0 Å². The van der Waals surface area contributed by atoms with Gasteiger partial charge in [-0.3, -0.25) is 9.36 Å². The highest BCUT2D eigenvalue weighted by Crippen LogP contribution is 2.21. The minimum absolute atomic E-state index is 0.644. The first-order chi connectivity index (χ1) is 6.58. The highest BCUT2D eigenvalue weighted by Gasteiger charge is 2.10. The lowest BCUT2D eigenvalue weighted by Crippen LogP contribution is -1.96. The van der Waals surface area contributed by atoms with Crippen LogP contribution in [-0.4, -0.2) is 19.6 Å². The van der Waals surface area contributed by atoms with Gasteiger partial charge in [-0.05, 0) is 12.5 Å². The van der Waals surface area contributed by atoms with Crippen LogP contribution in [-0.2, 0) is 14.1 Å². The summed E-state index contributed by atoms with van der Waals surface area (Å²) in [6.07, 6.45) is 1.96. The van der Waals surface area contributed by atoms with Crippen LogP contribution in [0.2, 0.25) is 0 Å². The molecule has 2 N–H and O–H groups in total. The van der Waals surface area contributed by atoms with E-state index < -0.39 is 0 Å². The molecule has 2 aromatic heterocycles. The van der Waals surface area contributed by atoms with Crippen LogP contribution >= 0.6 is 0 Å². The van der Waals surface area contributed by atoms with Crippen LogP contribution in [0.15, 0.2) is 12.3 Å². The van der Waals surface area contributed by atoms with Crippen molar-refractivity contribution in [2.24, 2.45) is 14.1 Å². The molecule has 0 aliphatic heterocycles. The van der Waals surface area contributed by atoms with Crippen molar-refractivity contribution < 1.29 is 0 Å². The molecule has 0 aromatic carbocycles. The quantitative estimate of drug-likeness (QED) is 0.722. The Hall–Kier alpha value is -1.78. The highest BCUT2D eigenvalue weighted by molar-refractivity contribution is 5.61. The molecule has 0 fully saturated rings. The molecule has 0 amide bonds. The molecule has 14 heavy (non-hydrogen) atoms. The van der Waals surface area contributed by atoms with Gasteiger partial charge in [0.2, 0.25) is 0 Å². The predicted octanol–water partition coefficient (Wildman–Crippen LogP) is 0.711. The van der Waals surface area contributed by atoms with Crippen molar-refractivity contribution in [3.63, 3.8) is 0 Å². The van der Waals surface area contributed by atoms with Crippen molar-refractivity contribution in [3.8, 4) is 11.4 Å². The second-order valence-corrected chi connectivity index (χ2v) is 3.41. The van der Waals surface area contributed by atoms with E-state index in [1.54, 1.807) is 9.36 Å². The summed E-state index contributed by atoms with van der Waals surface area (Å²) >= 11 is 0. The Kier molecular flexibility index (Phi) is 1.80. The van der Waals surface area contributed by atoms with E-state index in [1.807, 2.05) is 33.3 Å². The number of aryl methyl sites for hydroxylation is 3. The zero-order valence-corrected chi connectivity index (χ0v) is 8.52. The number of hydrogen-bond donors (Lipinski definition) is 1. The van der Waals surface area contributed by atoms with Crippen molar-refractivity contribution >= 4 is 5.82 Å². The Morgan fingerprint density at radius 3 is 2.43 bits per heavy atom. The van der Waals surface area contributed by atoms with Crippen LogP contribution in [0.3, 0.4) is 0 Å². The fraction of sp³-hybridized carbons (Fsp3) is 0.333. The molecule has 2 rings (SSSR count). The second-order valence-electron chi connectivity index (χ2n) is 3.41. The van der Waals surface area contributed by atoms with Crippen LogP contribution < -0.4 is 5.73 Å². The first kappa shape index (κ1) is 8.80. The normalized spacial score (nSPS) is 10.8. The fourth-order valence-corrected chi connectivity index (χ4v) is 1.46. The lowest BCUT2D eigenvalue weighted by Gasteiger charge is -1.91. The Morgan fingerprint density at radius 2 is 2.00 bits per heavy atom. The van der Waals surface area contributed by atoms with Crippen LogP contribution in [0.1, 0.15) is 5.56 Å². The van der Waals surface area contributed by atoms with Crippen molar-refractivity contribution in [2.45, 2.75) is 6.92 Å². The van der Waals surface area contributed by atoms with Gasteiger partial charge in [0.25, 0.3) is 0 Å². The number of nitrogens with zero attached hydrogens (tertiary/aromatic N) is 4. The third-order valence-electron chi connectivity index (χ3n) is 2.17. The Bertz CT molecular complexity index is 446. The maximum absolute atomic E-state index is 5.70. The molecule has 2 heterocycles. The molecule has 0 aliphatic carbocycles. The van der Waals surface area contributed by atoms with E-state index >= 15 is 0 Å². The maximum Gasteiger partial charge on any atom is 0.122 e. The monoisotopic (exact) mass is 191 g/mol. The molecule has 0 aliphatic rings. The molecule has 74 valence electrons. The smallest absolute Gasteiger partial charge is 0.122 e. The third-order valence-corrected chi connectivity index (χ3v) is 2.17. The molecule has 5 nitrogen and oxygen atoms in total. The maximum atomic E-state index is 5.70. The minimum Gasteiger partial charge on any atom is -0.384 e. The SMILES string of the molecule is Cc1cn(C)nc1-c1cc(N)n(C)n1. The Morgan fingerprint density at radius 1 is 1.29 bits per heavy atom. The number of nitrogen functional groups attached to an aromatic ring is 1. The van der Waals surface area contributed by atoms with Gasteiger partial charge < -0.3 is 5.73 Å². The summed E-state index contributed by atoms with van der Waals surface area (Å²) in [5, 5.41) is 8.59. The van der Waals surface area contributed by atoms with Crippen LogP contribution in [0.5, 0.6) is 0 Å². The van der Waals surface area contributed by atoms with Gasteiger partial charge in [0.15, 0.2) is 0 Å². The topological polar surface area (TPSA) is 61.7 Å². The average Bonchev–Trinajstić information content (AvgIpc) is 2.57. The summed E-state index contributed by atoms with van der Waals surface area (Å²) in [6.45, 7) is 2.01. The van der Waals surface area contributed by atoms with E-state index in [0.717, 1.165) is 17.0 Å². The number of rotatable bonds is 1. The average molecular weight is 191 g/mol. The summed E-state index contributed by atoms with van der Waals surface area (Å²) in [5.41, 5.74) is 8.51. The van der Waals surface area contributed by atoms with Gasteiger partial charge in [-0.2, -0.15) is 10.2 Å². The zero-order valence-electron chi connectivity index (χ0n) is 8.52. The molecule has 0 unspecified atom stereocenters. The van der Waals surface area contributed by atoms with Gasteiger partial charge in [-0.25, -0.2) is 0 Å². The van der Waals surface area contributed by atoms with Crippen molar-refractivity contribution in [1.82, 2.24) is 19.6 Å². The summed E-state index contributed by atoms with van der Waals surface area (Å²) in [5.74, 6) is 0.644. The second kappa shape index (κ2) is 2.87. The van der Waals surface area contributed by atoms with E-state index in [-0.39, 0.29) is 0 Å². The number of aromatic nitrogens is 4. The van der Waals surface area contributed by atoms with E-state index in [9.17, 15) is 0 Å². The first-order valence-corrected chi connectivity index (χ1v) is 4.38. The fourth-order valence-electron chi connectivity index (χ4n) is 1.46. The number of anilines is 1. The summed E-state index contributed by atoms with van der Waals surface area (Å²) in [4.78, 5) is 0. The summed E-state index contributed by atoms with van der Waals surface area (Å²) in [6, 6.07) is 1.83. The lowest BCUT2D eigenvalue weighted by molar-refractivity contribution is 0.760. The van der Waals surface area contributed by atoms with Gasteiger partial charge in [0.1, 0.15) is 17.2 Å². The van der Waals surface area contributed by atoms with E-state index in [2.05, 4.69) is 10.2 Å². The molecule has 0 spiro atoms. The standard InChI is InChI=1S/C9H13N5/c1-6-5-13(2)12-9(6)7-4-8(10)14(3)11-7/h4-5H,10H2,1-3H3. The van der Waals surface area contributed by atoms with Gasteiger partial charge in [-0.15, -0.1) is 0 Å². The predicted molar refractivity (Wildman–Crippen MR) is 54.6 cm³/mol. The number of nitrogens with two attached hydrogens (primary N) is 1. The molecule has 0 saturated heterocycles. The molecular formula is C9H13N5. The van der Waals surface area contributed by atoms with Crippen LogP contribution in [0, 0.1) is 6.92 Å². The molecule has 0 saturated carbocycles. The van der Waals surface area contributed by atoms with E-state index in [4.69, 9.17) is 5.73 Å². The molecule has 0 atom stereocenters. The van der Waals surface area contributed by atoms with Crippen molar-refractivity contribution in [1.29, 1.82) is 0 Å². The van der Waals surface area contributed by atoms with E-state index in [0.29, 0.717) is 5.82 Å². The third kappa shape index (κ3) is 1.26. The van der Waals surface area contributed by atoms with Gasteiger partial charge >= 0.3 is 0 Å². The summed E-state index contributed by atoms with van der Waals surface area (Å²) in [7, 11) is 3.71. The van der Waals surface area contributed by atoms with Crippen LogP contribution in [0.25, 0.3) is 11.4 Å². The molecule has 0 radical (unpaired) electrons.